The van der Waals surface area contributed by atoms with E-state index >= 15 is 0 Å². The molecule has 0 aromatic carbocycles. The maximum absolute atomic E-state index is 12.2. The van der Waals surface area contributed by atoms with Gasteiger partial charge >= 0.3 is 0 Å². The summed E-state index contributed by atoms with van der Waals surface area (Å²) in [6.07, 6.45) is 13.0. The van der Waals surface area contributed by atoms with E-state index in [2.05, 4.69) is 20.2 Å². The molecule has 1 aromatic heterocycles. The van der Waals surface area contributed by atoms with E-state index < -0.39 is 0 Å². The highest BCUT2D eigenvalue weighted by Gasteiger charge is 2.18. The van der Waals surface area contributed by atoms with Crippen LogP contribution >= 0.6 is 0 Å². The van der Waals surface area contributed by atoms with E-state index in [-0.39, 0.29) is 5.91 Å². The van der Waals surface area contributed by atoms with Gasteiger partial charge in [-0.1, -0.05) is 19.3 Å². The molecule has 0 spiro atoms. The molecule has 1 saturated carbocycles. The molecule has 0 atom stereocenters. The zero-order valence-electron chi connectivity index (χ0n) is 12.6. The summed E-state index contributed by atoms with van der Waals surface area (Å²) in [6.45, 7) is 2.09. The molecule has 5 nitrogen and oxygen atoms in total. The van der Waals surface area contributed by atoms with E-state index in [1.165, 1.54) is 38.5 Å². The fourth-order valence-corrected chi connectivity index (χ4v) is 3.23. The van der Waals surface area contributed by atoms with Crippen LogP contribution in [0.2, 0.25) is 0 Å². The number of nitrogens with one attached hydrogen (secondary N) is 1. The lowest BCUT2D eigenvalue weighted by molar-refractivity contribution is 0.0922. The lowest BCUT2D eigenvalue weighted by Gasteiger charge is -2.27. The first-order valence-corrected chi connectivity index (χ1v) is 8.21. The number of anilines is 1. The number of rotatable bonds is 3. The lowest BCUT2D eigenvalue weighted by atomic mass is 9.95. The van der Waals surface area contributed by atoms with E-state index in [0.717, 1.165) is 31.7 Å². The molecule has 114 valence electrons. The normalized spacial score (nSPS) is 20.3. The number of nitrogens with zero attached hydrogens (tertiary/aromatic N) is 3. The van der Waals surface area contributed by atoms with Crippen LogP contribution < -0.4 is 10.2 Å². The van der Waals surface area contributed by atoms with Crippen LogP contribution in [0.1, 0.15) is 61.9 Å². The van der Waals surface area contributed by atoms with E-state index in [1.54, 1.807) is 12.4 Å². The fourth-order valence-electron chi connectivity index (χ4n) is 3.23. The van der Waals surface area contributed by atoms with Gasteiger partial charge in [-0.15, -0.1) is 0 Å². The molecule has 1 amide bonds. The summed E-state index contributed by atoms with van der Waals surface area (Å²) in [5.74, 6) is 0.809. The minimum absolute atomic E-state index is 0.0837. The molecule has 1 N–H and O–H groups in total. The number of hydrogen-bond acceptors (Lipinski definition) is 4. The molecule has 2 fully saturated rings. The SMILES string of the molecule is O=C(NC1CCCCC1)c1cnc(N2CCCCC2)cn1. The van der Waals surface area contributed by atoms with Crippen LogP contribution in [0.5, 0.6) is 0 Å². The highest BCUT2D eigenvalue weighted by Crippen LogP contribution is 2.18. The van der Waals surface area contributed by atoms with Crippen LogP contribution in [0.15, 0.2) is 12.4 Å². The molecule has 5 heteroatoms. The molecule has 2 aliphatic rings. The van der Waals surface area contributed by atoms with Crippen molar-refractivity contribution in [3.63, 3.8) is 0 Å². The van der Waals surface area contributed by atoms with Crippen molar-refractivity contribution in [3.8, 4) is 0 Å². The Morgan fingerprint density at radius 3 is 2.38 bits per heavy atom. The summed E-state index contributed by atoms with van der Waals surface area (Å²) in [7, 11) is 0. The summed E-state index contributed by atoms with van der Waals surface area (Å²) < 4.78 is 0. The van der Waals surface area contributed by atoms with Gasteiger partial charge in [0.25, 0.3) is 5.91 Å². The number of amides is 1. The molecule has 1 aliphatic heterocycles. The minimum atomic E-state index is -0.0837. The zero-order valence-corrected chi connectivity index (χ0v) is 12.6. The van der Waals surface area contributed by atoms with Crippen molar-refractivity contribution in [2.45, 2.75) is 57.4 Å². The minimum Gasteiger partial charge on any atom is -0.355 e. The van der Waals surface area contributed by atoms with Crippen LogP contribution in [-0.2, 0) is 0 Å². The number of carbonyl (C=O) groups excluding carboxylic acids is 1. The van der Waals surface area contributed by atoms with Crippen molar-refractivity contribution < 1.29 is 4.79 Å². The van der Waals surface area contributed by atoms with Gasteiger partial charge in [-0.3, -0.25) is 4.79 Å². The quantitative estimate of drug-likeness (QED) is 0.928. The second-order valence-electron chi connectivity index (χ2n) is 6.12. The van der Waals surface area contributed by atoms with Crippen molar-refractivity contribution >= 4 is 11.7 Å². The largest absolute Gasteiger partial charge is 0.355 e. The predicted octanol–water partition coefficient (Wildman–Crippen LogP) is 2.53. The number of aromatic nitrogens is 2. The highest BCUT2D eigenvalue weighted by atomic mass is 16.1. The van der Waals surface area contributed by atoms with Gasteiger partial charge in [0.1, 0.15) is 11.5 Å². The second kappa shape index (κ2) is 6.87. The van der Waals surface area contributed by atoms with E-state index in [0.29, 0.717) is 11.7 Å². The summed E-state index contributed by atoms with van der Waals surface area (Å²) in [5, 5.41) is 3.08. The van der Waals surface area contributed by atoms with Crippen LogP contribution in [0.25, 0.3) is 0 Å². The molecule has 1 aromatic rings. The second-order valence-corrected chi connectivity index (χ2v) is 6.12. The van der Waals surface area contributed by atoms with Crippen molar-refractivity contribution in [2.24, 2.45) is 0 Å². The third-order valence-corrected chi connectivity index (χ3v) is 4.49. The molecule has 21 heavy (non-hydrogen) atoms. The van der Waals surface area contributed by atoms with Gasteiger partial charge in [0.2, 0.25) is 0 Å². The Morgan fingerprint density at radius 2 is 1.71 bits per heavy atom. The molecule has 0 radical (unpaired) electrons. The van der Waals surface area contributed by atoms with Gasteiger partial charge in [0, 0.05) is 19.1 Å². The topological polar surface area (TPSA) is 58.1 Å². The van der Waals surface area contributed by atoms with Crippen molar-refractivity contribution in [1.29, 1.82) is 0 Å². The summed E-state index contributed by atoms with van der Waals surface area (Å²) in [5.41, 5.74) is 0.432. The van der Waals surface area contributed by atoms with Crippen LogP contribution in [0, 0.1) is 0 Å². The molecular formula is C16H24N4O. The van der Waals surface area contributed by atoms with Crippen LogP contribution in [0.3, 0.4) is 0 Å². The third-order valence-electron chi connectivity index (χ3n) is 4.49. The number of piperidine rings is 1. The van der Waals surface area contributed by atoms with E-state index in [9.17, 15) is 4.79 Å². The Bertz CT molecular complexity index is 462. The summed E-state index contributed by atoms with van der Waals surface area (Å²) >= 11 is 0. The van der Waals surface area contributed by atoms with E-state index in [1.807, 2.05) is 0 Å². The monoisotopic (exact) mass is 288 g/mol. The van der Waals surface area contributed by atoms with Gasteiger partial charge < -0.3 is 10.2 Å². The average Bonchev–Trinajstić information content (AvgIpc) is 2.57. The predicted molar refractivity (Wildman–Crippen MR) is 82.4 cm³/mol. The van der Waals surface area contributed by atoms with Crippen LogP contribution in [0.4, 0.5) is 5.82 Å². The molecular weight excluding hydrogens is 264 g/mol. The van der Waals surface area contributed by atoms with Gasteiger partial charge in [0.05, 0.1) is 12.4 Å². The van der Waals surface area contributed by atoms with Crippen molar-refractivity contribution in [3.05, 3.63) is 18.1 Å². The first-order valence-electron chi connectivity index (χ1n) is 8.21. The molecule has 3 rings (SSSR count). The highest BCUT2D eigenvalue weighted by molar-refractivity contribution is 5.92. The fraction of sp³-hybridized carbons (Fsp3) is 0.688. The Labute approximate surface area is 126 Å². The first kappa shape index (κ1) is 14.3. The molecule has 1 aliphatic carbocycles. The molecule has 0 unspecified atom stereocenters. The molecule has 1 saturated heterocycles. The maximum atomic E-state index is 12.2. The Kier molecular flexibility index (Phi) is 4.68. The van der Waals surface area contributed by atoms with Gasteiger partial charge in [-0.25, -0.2) is 9.97 Å². The van der Waals surface area contributed by atoms with Gasteiger partial charge in [0.15, 0.2) is 0 Å². The Hall–Kier alpha value is -1.65. The molecule has 2 heterocycles. The Balaban J connectivity index is 1.58. The number of carbonyl (C=O) groups is 1. The van der Waals surface area contributed by atoms with Crippen molar-refractivity contribution in [2.75, 3.05) is 18.0 Å². The van der Waals surface area contributed by atoms with Crippen LogP contribution in [-0.4, -0.2) is 35.0 Å². The smallest absolute Gasteiger partial charge is 0.271 e. The summed E-state index contributed by atoms with van der Waals surface area (Å²) in [4.78, 5) is 23.1. The third kappa shape index (κ3) is 3.71. The van der Waals surface area contributed by atoms with Crippen molar-refractivity contribution in [1.82, 2.24) is 15.3 Å². The standard InChI is InChI=1S/C16H24N4O/c21-16(19-13-7-3-1-4-8-13)14-11-18-15(12-17-14)20-9-5-2-6-10-20/h11-13H,1-10H2,(H,19,21). The zero-order chi connectivity index (χ0) is 14.5. The van der Waals surface area contributed by atoms with Gasteiger partial charge in [-0.05, 0) is 32.1 Å². The Morgan fingerprint density at radius 1 is 1.00 bits per heavy atom. The van der Waals surface area contributed by atoms with E-state index in [4.69, 9.17) is 0 Å². The first-order chi connectivity index (χ1) is 10.3. The maximum Gasteiger partial charge on any atom is 0.271 e. The lowest BCUT2D eigenvalue weighted by Crippen LogP contribution is -2.36. The summed E-state index contributed by atoms with van der Waals surface area (Å²) in [6, 6.07) is 0.315. The molecule has 0 bridgehead atoms. The van der Waals surface area contributed by atoms with Gasteiger partial charge in [-0.2, -0.15) is 0 Å². The number of hydrogen-bond donors (Lipinski definition) is 1. The average molecular weight is 288 g/mol.